The monoisotopic (exact) mass is 401 g/mol. The van der Waals surface area contributed by atoms with Crippen LogP contribution in [-0.4, -0.2) is 17.6 Å². The molecule has 4 rings (SSSR count). The lowest BCUT2D eigenvalue weighted by molar-refractivity contribution is 0.0946. The van der Waals surface area contributed by atoms with Crippen molar-refractivity contribution in [2.24, 2.45) is 5.92 Å². The van der Waals surface area contributed by atoms with E-state index in [1.165, 1.54) is 18.4 Å². The van der Waals surface area contributed by atoms with Gasteiger partial charge in [0.25, 0.3) is 5.91 Å². The first-order valence-electron chi connectivity index (χ1n) is 10.4. The molecule has 0 atom stereocenters. The Labute approximate surface area is 177 Å². The number of benzene rings is 3. The van der Waals surface area contributed by atoms with Crippen molar-refractivity contribution in [3.63, 3.8) is 0 Å². The number of aryl methyl sites for hydroxylation is 1. The molecule has 1 amide bonds. The Kier molecular flexibility index (Phi) is 6.15. The third kappa shape index (κ3) is 4.89. The highest BCUT2D eigenvalue weighted by Gasteiger charge is 2.23. The largest absolute Gasteiger partial charge is 0.492 e. The van der Waals surface area contributed by atoms with E-state index >= 15 is 0 Å². The van der Waals surface area contributed by atoms with Crippen LogP contribution in [0.3, 0.4) is 0 Å². The molecule has 0 spiro atoms. The van der Waals surface area contributed by atoms with Gasteiger partial charge in [0, 0.05) is 6.54 Å². The van der Waals surface area contributed by atoms with Gasteiger partial charge in [-0.1, -0.05) is 60.2 Å². The highest BCUT2D eigenvalue weighted by atomic mass is 16.5. The summed E-state index contributed by atoms with van der Waals surface area (Å²) in [5.74, 6) is 1.04. The summed E-state index contributed by atoms with van der Waals surface area (Å²) in [6.45, 7) is 3.09. The summed E-state index contributed by atoms with van der Waals surface area (Å²) >= 11 is 0. The molecule has 0 aliphatic heterocycles. The van der Waals surface area contributed by atoms with E-state index in [4.69, 9.17) is 4.74 Å². The number of hydrogen-bond donors (Lipinski definition) is 2. The van der Waals surface area contributed by atoms with Gasteiger partial charge in [-0.05, 0) is 60.1 Å². The molecule has 1 saturated carbocycles. The lowest BCUT2D eigenvalue weighted by Gasteiger charge is -2.15. The van der Waals surface area contributed by atoms with Gasteiger partial charge in [0.05, 0.1) is 18.8 Å². The Morgan fingerprint density at radius 3 is 2.57 bits per heavy atom. The van der Waals surface area contributed by atoms with Crippen molar-refractivity contribution in [2.75, 3.05) is 6.61 Å². The van der Waals surface area contributed by atoms with Gasteiger partial charge in [0.15, 0.2) is 0 Å². The van der Waals surface area contributed by atoms with Gasteiger partial charge < -0.3 is 15.2 Å². The van der Waals surface area contributed by atoms with Crippen LogP contribution >= 0.6 is 0 Å². The maximum absolute atomic E-state index is 13.1. The van der Waals surface area contributed by atoms with Gasteiger partial charge in [-0.3, -0.25) is 4.79 Å². The van der Waals surface area contributed by atoms with Crippen LogP contribution in [0.4, 0.5) is 0 Å². The average Bonchev–Trinajstić information content (AvgIpc) is 3.61. The molecule has 30 heavy (non-hydrogen) atoms. The predicted octanol–water partition coefficient (Wildman–Crippen LogP) is 4.87. The first-order chi connectivity index (χ1) is 14.6. The summed E-state index contributed by atoms with van der Waals surface area (Å²) in [6.07, 6.45) is 2.38. The molecule has 4 heteroatoms. The minimum atomic E-state index is -0.162. The van der Waals surface area contributed by atoms with Gasteiger partial charge in [-0.15, -0.1) is 0 Å². The van der Waals surface area contributed by atoms with E-state index in [0.29, 0.717) is 30.4 Å². The van der Waals surface area contributed by atoms with Crippen molar-refractivity contribution in [3.8, 4) is 16.9 Å². The molecule has 0 bridgehead atoms. The quantitative estimate of drug-likeness (QED) is 0.566. The minimum Gasteiger partial charge on any atom is -0.492 e. The van der Waals surface area contributed by atoms with Crippen LogP contribution in [0, 0.1) is 12.8 Å². The second-order valence-corrected chi connectivity index (χ2v) is 7.95. The molecule has 1 fully saturated rings. The van der Waals surface area contributed by atoms with E-state index in [0.717, 1.165) is 22.3 Å². The number of hydrogen-bond acceptors (Lipinski definition) is 3. The molecule has 3 aromatic rings. The van der Waals surface area contributed by atoms with Gasteiger partial charge in [-0.25, -0.2) is 0 Å². The highest BCUT2D eigenvalue weighted by Crippen LogP contribution is 2.33. The molecule has 0 aromatic heterocycles. The molecule has 2 N–H and O–H groups in total. The molecule has 0 unspecified atom stereocenters. The molecule has 1 aliphatic rings. The zero-order valence-corrected chi connectivity index (χ0v) is 17.2. The fourth-order valence-corrected chi connectivity index (χ4v) is 3.42. The lowest BCUT2D eigenvalue weighted by atomic mass is 9.97. The van der Waals surface area contributed by atoms with E-state index in [1.807, 2.05) is 73.7 Å². The van der Waals surface area contributed by atoms with E-state index in [1.54, 1.807) is 0 Å². The normalized spacial score (nSPS) is 13.1. The molecular weight excluding hydrogens is 374 g/mol. The van der Waals surface area contributed by atoms with Crippen LogP contribution in [0.25, 0.3) is 11.1 Å². The molecule has 154 valence electrons. The van der Waals surface area contributed by atoms with Gasteiger partial charge in [-0.2, -0.15) is 0 Å². The smallest absolute Gasteiger partial charge is 0.255 e. The number of amides is 1. The van der Waals surface area contributed by atoms with Gasteiger partial charge in [0.2, 0.25) is 0 Å². The molecule has 0 saturated heterocycles. The first kappa shape index (κ1) is 20.2. The van der Waals surface area contributed by atoms with Crippen LogP contribution in [-0.2, 0) is 13.2 Å². The number of carbonyl (C=O) groups excluding carboxylic acids is 1. The van der Waals surface area contributed by atoms with E-state index in [-0.39, 0.29) is 12.5 Å². The van der Waals surface area contributed by atoms with Crippen molar-refractivity contribution >= 4 is 5.91 Å². The summed E-state index contributed by atoms with van der Waals surface area (Å²) in [4.78, 5) is 13.1. The van der Waals surface area contributed by atoms with Gasteiger partial charge >= 0.3 is 0 Å². The SMILES string of the molecule is Cc1ccc(CNC(=O)c2cc(-c3ccccc3CO)ccc2OCC2CC2)cc1. The Hall–Kier alpha value is -3.11. The summed E-state index contributed by atoms with van der Waals surface area (Å²) in [5, 5.41) is 12.7. The number of nitrogens with one attached hydrogen (secondary N) is 1. The topological polar surface area (TPSA) is 58.6 Å². The Balaban J connectivity index is 1.59. The number of aliphatic hydroxyl groups is 1. The molecule has 0 radical (unpaired) electrons. The maximum Gasteiger partial charge on any atom is 0.255 e. The van der Waals surface area contributed by atoms with Crippen molar-refractivity contribution in [3.05, 3.63) is 89.0 Å². The number of ether oxygens (including phenoxy) is 1. The van der Waals surface area contributed by atoms with Crippen LogP contribution < -0.4 is 10.1 Å². The number of carbonyl (C=O) groups is 1. The minimum absolute atomic E-state index is 0.0505. The van der Waals surface area contributed by atoms with Crippen LogP contribution in [0.5, 0.6) is 5.75 Å². The van der Waals surface area contributed by atoms with Crippen molar-refractivity contribution in [1.29, 1.82) is 0 Å². The molecule has 3 aromatic carbocycles. The second kappa shape index (κ2) is 9.14. The molecule has 1 aliphatic carbocycles. The van der Waals surface area contributed by atoms with E-state index < -0.39 is 0 Å². The fourth-order valence-electron chi connectivity index (χ4n) is 3.42. The third-order valence-electron chi connectivity index (χ3n) is 5.47. The fraction of sp³-hybridized carbons (Fsp3) is 0.269. The summed E-state index contributed by atoms with van der Waals surface area (Å²) in [5.41, 5.74) is 5.40. The average molecular weight is 402 g/mol. The van der Waals surface area contributed by atoms with Crippen LogP contribution in [0.15, 0.2) is 66.7 Å². The van der Waals surface area contributed by atoms with Crippen LogP contribution in [0.1, 0.15) is 39.9 Å². The zero-order chi connectivity index (χ0) is 20.9. The summed E-state index contributed by atoms with van der Waals surface area (Å²) in [6, 6.07) is 21.5. The van der Waals surface area contributed by atoms with Gasteiger partial charge in [0.1, 0.15) is 5.75 Å². The summed E-state index contributed by atoms with van der Waals surface area (Å²) < 4.78 is 5.99. The first-order valence-corrected chi connectivity index (χ1v) is 10.4. The van der Waals surface area contributed by atoms with E-state index in [2.05, 4.69) is 5.32 Å². The Bertz CT molecular complexity index is 1020. The number of rotatable bonds is 8. The highest BCUT2D eigenvalue weighted by molar-refractivity contribution is 5.98. The molecule has 0 heterocycles. The predicted molar refractivity (Wildman–Crippen MR) is 118 cm³/mol. The number of aliphatic hydroxyl groups excluding tert-OH is 1. The van der Waals surface area contributed by atoms with Crippen molar-refractivity contribution in [2.45, 2.75) is 32.9 Å². The molecule has 4 nitrogen and oxygen atoms in total. The Morgan fingerprint density at radius 2 is 1.83 bits per heavy atom. The second-order valence-electron chi connectivity index (χ2n) is 7.95. The molecular formula is C26H27NO3. The third-order valence-corrected chi connectivity index (χ3v) is 5.47. The van der Waals surface area contributed by atoms with Crippen molar-refractivity contribution < 1.29 is 14.6 Å². The Morgan fingerprint density at radius 1 is 1.07 bits per heavy atom. The maximum atomic E-state index is 13.1. The lowest BCUT2D eigenvalue weighted by Crippen LogP contribution is -2.23. The van der Waals surface area contributed by atoms with E-state index in [9.17, 15) is 9.90 Å². The van der Waals surface area contributed by atoms with Crippen molar-refractivity contribution in [1.82, 2.24) is 5.32 Å². The summed E-state index contributed by atoms with van der Waals surface area (Å²) in [7, 11) is 0. The van der Waals surface area contributed by atoms with Crippen LogP contribution in [0.2, 0.25) is 0 Å². The standard InChI is InChI=1S/C26H27NO3/c1-18-6-8-19(9-7-18)15-27-26(29)24-14-21(23-5-3-2-4-22(23)16-28)12-13-25(24)30-17-20-10-11-20/h2-9,12-14,20,28H,10-11,15-17H2,1H3,(H,27,29). The zero-order valence-electron chi connectivity index (χ0n) is 17.2.